The van der Waals surface area contributed by atoms with E-state index in [1.54, 1.807) is 23.6 Å². The maximum atomic E-state index is 5.70. The summed E-state index contributed by atoms with van der Waals surface area (Å²) >= 11 is 1.62. The molecule has 0 aliphatic rings. The average molecular weight is 220 g/mol. The highest BCUT2D eigenvalue weighted by atomic mass is 32.1. The van der Waals surface area contributed by atoms with Crippen LogP contribution in [0.2, 0.25) is 0 Å². The maximum absolute atomic E-state index is 5.70. The summed E-state index contributed by atoms with van der Waals surface area (Å²) in [5, 5.41) is 3.01. The highest BCUT2D eigenvalue weighted by Gasteiger charge is 2.03. The fourth-order valence-electron chi connectivity index (χ4n) is 1.32. The molecule has 0 aliphatic carbocycles. The van der Waals surface area contributed by atoms with Crippen molar-refractivity contribution in [2.45, 2.75) is 19.8 Å². The van der Waals surface area contributed by atoms with Crippen LogP contribution < -0.4 is 5.73 Å². The summed E-state index contributed by atoms with van der Waals surface area (Å²) in [5.74, 6) is 1.33. The molecule has 4 nitrogen and oxygen atoms in total. The largest absolute Gasteiger partial charge is 0.384 e. The van der Waals surface area contributed by atoms with E-state index in [4.69, 9.17) is 5.73 Å². The summed E-state index contributed by atoms with van der Waals surface area (Å²) in [6.07, 6.45) is 3.33. The second-order valence-electron chi connectivity index (χ2n) is 3.16. The number of hydrogen-bond acceptors (Lipinski definition) is 5. The molecule has 0 spiro atoms. The van der Waals surface area contributed by atoms with E-state index in [1.807, 2.05) is 12.3 Å². The van der Waals surface area contributed by atoms with Gasteiger partial charge >= 0.3 is 0 Å². The molecule has 0 amide bonds. The number of nitrogen functional groups attached to an aromatic ring is 1. The Morgan fingerprint density at radius 3 is 2.93 bits per heavy atom. The lowest BCUT2D eigenvalue weighted by Crippen LogP contribution is -2.02. The highest BCUT2D eigenvalue weighted by Crippen LogP contribution is 2.12. The quantitative estimate of drug-likeness (QED) is 0.854. The molecule has 2 rings (SSSR count). The summed E-state index contributed by atoms with van der Waals surface area (Å²) in [6.45, 7) is 2.02. The van der Waals surface area contributed by atoms with Crippen LogP contribution >= 0.6 is 11.3 Å². The first-order chi connectivity index (χ1) is 7.28. The van der Waals surface area contributed by atoms with E-state index in [0.29, 0.717) is 5.82 Å². The van der Waals surface area contributed by atoms with Crippen molar-refractivity contribution < 1.29 is 0 Å². The minimum Gasteiger partial charge on any atom is -0.384 e. The number of aromatic nitrogens is 3. The summed E-state index contributed by atoms with van der Waals surface area (Å²) in [6, 6.07) is 1.81. The van der Waals surface area contributed by atoms with Gasteiger partial charge in [-0.3, -0.25) is 0 Å². The van der Waals surface area contributed by atoms with Crippen LogP contribution in [0.1, 0.15) is 23.4 Å². The molecule has 78 valence electrons. The van der Waals surface area contributed by atoms with Crippen LogP contribution in [0.4, 0.5) is 5.82 Å². The second kappa shape index (κ2) is 4.35. The highest BCUT2D eigenvalue weighted by molar-refractivity contribution is 7.09. The molecule has 0 fully saturated rings. The van der Waals surface area contributed by atoms with Gasteiger partial charge in [0, 0.05) is 30.5 Å². The normalized spacial score (nSPS) is 10.5. The van der Waals surface area contributed by atoms with E-state index in [0.717, 1.165) is 29.4 Å². The fourth-order valence-corrected chi connectivity index (χ4v) is 1.95. The molecule has 0 atom stereocenters. The van der Waals surface area contributed by atoms with Gasteiger partial charge in [-0.2, -0.15) is 0 Å². The molecule has 5 heteroatoms. The van der Waals surface area contributed by atoms with Gasteiger partial charge < -0.3 is 5.73 Å². The Hall–Kier alpha value is -1.49. The van der Waals surface area contributed by atoms with E-state index in [9.17, 15) is 0 Å². The lowest BCUT2D eigenvalue weighted by molar-refractivity contribution is 0.900. The lowest BCUT2D eigenvalue weighted by atomic mass is 10.3. The van der Waals surface area contributed by atoms with Crippen LogP contribution in [0.3, 0.4) is 0 Å². The smallest absolute Gasteiger partial charge is 0.130 e. The van der Waals surface area contributed by atoms with Crippen molar-refractivity contribution in [3.05, 3.63) is 34.2 Å². The summed E-state index contributed by atoms with van der Waals surface area (Å²) in [7, 11) is 0. The molecule has 2 aromatic rings. The van der Waals surface area contributed by atoms with Gasteiger partial charge in [0.25, 0.3) is 0 Å². The standard InChI is InChI=1S/C10H12N4S/c1-2-9-13-7(5-8(11)14-9)6-10-12-3-4-15-10/h3-5H,2,6H2,1H3,(H2,11,13,14). The molecule has 15 heavy (non-hydrogen) atoms. The minimum absolute atomic E-state index is 0.536. The van der Waals surface area contributed by atoms with Gasteiger partial charge in [0.05, 0.1) is 10.7 Å². The zero-order valence-corrected chi connectivity index (χ0v) is 9.29. The molecule has 0 radical (unpaired) electrons. The van der Waals surface area contributed by atoms with Crippen LogP contribution in [0.15, 0.2) is 17.6 Å². The third-order valence-electron chi connectivity index (χ3n) is 1.98. The van der Waals surface area contributed by atoms with Gasteiger partial charge in [-0.15, -0.1) is 11.3 Å². The van der Waals surface area contributed by atoms with Crippen LogP contribution in [0.25, 0.3) is 0 Å². The molecular formula is C10H12N4S. The molecule has 2 N–H and O–H groups in total. The van der Waals surface area contributed by atoms with Gasteiger partial charge in [-0.05, 0) is 0 Å². The third-order valence-corrected chi connectivity index (χ3v) is 2.76. The van der Waals surface area contributed by atoms with Crippen molar-refractivity contribution in [1.29, 1.82) is 0 Å². The van der Waals surface area contributed by atoms with E-state index >= 15 is 0 Å². The predicted octanol–water partition coefficient (Wildman–Crippen LogP) is 1.67. The lowest BCUT2D eigenvalue weighted by Gasteiger charge is -2.02. The number of rotatable bonds is 3. The Morgan fingerprint density at radius 2 is 2.27 bits per heavy atom. The van der Waals surface area contributed by atoms with Gasteiger partial charge in [-0.1, -0.05) is 6.92 Å². The summed E-state index contributed by atoms with van der Waals surface area (Å²) in [4.78, 5) is 12.7. The number of aryl methyl sites for hydroxylation is 1. The maximum Gasteiger partial charge on any atom is 0.130 e. The molecule has 0 unspecified atom stereocenters. The minimum atomic E-state index is 0.536. The third kappa shape index (κ3) is 2.50. The number of anilines is 1. The zero-order chi connectivity index (χ0) is 10.7. The van der Waals surface area contributed by atoms with Crippen molar-refractivity contribution in [3.8, 4) is 0 Å². The predicted molar refractivity (Wildman–Crippen MR) is 60.7 cm³/mol. The van der Waals surface area contributed by atoms with E-state index in [1.165, 1.54) is 0 Å². The summed E-state index contributed by atoms with van der Waals surface area (Å²) < 4.78 is 0. The SMILES string of the molecule is CCc1nc(N)cc(Cc2nccs2)n1. The fraction of sp³-hybridized carbons (Fsp3) is 0.300. The van der Waals surface area contributed by atoms with Crippen molar-refractivity contribution in [2.24, 2.45) is 0 Å². The van der Waals surface area contributed by atoms with Crippen molar-refractivity contribution in [2.75, 3.05) is 5.73 Å². The molecule has 0 aromatic carbocycles. The van der Waals surface area contributed by atoms with Gasteiger partial charge in [-0.25, -0.2) is 15.0 Å². The monoisotopic (exact) mass is 220 g/mol. The number of hydrogen-bond donors (Lipinski definition) is 1. The molecule has 2 aromatic heterocycles. The summed E-state index contributed by atoms with van der Waals surface area (Å²) in [5.41, 5.74) is 6.63. The number of nitrogens with zero attached hydrogens (tertiary/aromatic N) is 3. The van der Waals surface area contributed by atoms with Crippen LogP contribution in [-0.4, -0.2) is 15.0 Å². The Labute approximate surface area is 92.2 Å². The molecule has 0 saturated carbocycles. The molecular weight excluding hydrogens is 208 g/mol. The van der Waals surface area contributed by atoms with E-state index < -0.39 is 0 Å². The molecule has 2 heterocycles. The average Bonchev–Trinajstić information content (AvgIpc) is 2.69. The van der Waals surface area contributed by atoms with Gasteiger partial charge in [0.15, 0.2) is 0 Å². The van der Waals surface area contributed by atoms with Gasteiger partial charge in [0.1, 0.15) is 11.6 Å². The molecule has 0 saturated heterocycles. The van der Waals surface area contributed by atoms with Crippen LogP contribution in [0, 0.1) is 0 Å². The van der Waals surface area contributed by atoms with Crippen LogP contribution in [0.5, 0.6) is 0 Å². The van der Waals surface area contributed by atoms with Crippen molar-refractivity contribution in [3.63, 3.8) is 0 Å². The second-order valence-corrected chi connectivity index (χ2v) is 4.14. The Balaban J connectivity index is 2.24. The molecule has 0 bridgehead atoms. The first kappa shape index (κ1) is 10.0. The molecule has 0 aliphatic heterocycles. The zero-order valence-electron chi connectivity index (χ0n) is 8.47. The number of nitrogens with two attached hydrogens (primary N) is 1. The Morgan fingerprint density at radius 1 is 1.40 bits per heavy atom. The number of thiazole rings is 1. The first-order valence-corrected chi connectivity index (χ1v) is 5.66. The first-order valence-electron chi connectivity index (χ1n) is 4.78. The Kier molecular flexibility index (Phi) is 2.91. The van der Waals surface area contributed by atoms with E-state index in [-0.39, 0.29) is 0 Å². The van der Waals surface area contributed by atoms with Crippen molar-refractivity contribution in [1.82, 2.24) is 15.0 Å². The van der Waals surface area contributed by atoms with Gasteiger partial charge in [0.2, 0.25) is 0 Å². The Bertz CT molecular complexity index is 439. The topological polar surface area (TPSA) is 64.7 Å². The van der Waals surface area contributed by atoms with E-state index in [2.05, 4.69) is 15.0 Å². The van der Waals surface area contributed by atoms with Crippen molar-refractivity contribution >= 4 is 17.2 Å². The van der Waals surface area contributed by atoms with Crippen LogP contribution in [-0.2, 0) is 12.8 Å².